The highest BCUT2D eigenvalue weighted by atomic mass is 16.5. The average Bonchev–Trinajstić information content (AvgIpc) is 2.54. The second-order valence-electron chi connectivity index (χ2n) is 6.77. The van der Waals surface area contributed by atoms with Gasteiger partial charge in [-0.1, -0.05) is 80.1 Å². The molecule has 0 unspecified atom stereocenters. The van der Waals surface area contributed by atoms with E-state index in [2.05, 4.69) is 13.8 Å². The predicted octanol–water partition coefficient (Wildman–Crippen LogP) is 5.53. The lowest BCUT2D eigenvalue weighted by Crippen LogP contribution is -2.12. The first kappa shape index (κ1) is 25.2. The smallest absolute Gasteiger partial charge is 0.308 e. The second-order valence-corrected chi connectivity index (χ2v) is 6.77. The Morgan fingerprint density at radius 2 is 0.958 bits per heavy atom. The maximum Gasteiger partial charge on any atom is 0.308 e. The first-order chi connectivity index (χ1) is 11.4. The largest absolute Gasteiger partial charge is 0.465 e. The molecule has 0 heterocycles. The molecule has 0 spiro atoms. The molecule has 0 rings (SSSR count). The summed E-state index contributed by atoms with van der Waals surface area (Å²) in [5.74, 6) is -0.134. The van der Waals surface area contributed by atoms with Crippen molar-refractivity contribution in [3.63, 3.8) is 0 Å². The fourth-order valence-electron chi connectivity index (χ4n) is 1.74. The van der Waals surface area contributed by atoms with Gasteiger partial charge < -0.3 is 9.47 Å². The Kier molecular flexibility index (Phi) is 19.2. The van der Waals surface area contributed by atoms with Crippen LogP contribution in [0.25, 0.3) is 0 Å². The normalized spacial score (nSPS) is 10.3. The third-order valence-corrected chi connectivity index (χ3v) is 3.43. The van der Waals surface area contributed by atoms with Crippen LogP contribution in [-0.4, -0.2) is 25.2 Å². The Morgan fingerprint density at radius 3 is 1.21 bits per heavy atom. The summed E-state index contributed by atoms with van der Waals surface area (Å²) in [7, 11) is 0. The summed E-state index contributed by atoms with van der Waals surface area (Å²) in [6.45, 7) is 12.9. The van der Waals surface area contributed by atoms with E-state index in [1.807, 2.05) is 27.7 Å². The molecule has 24 heavy (non-hydrogen) atoms. The standard InChI is InChI=1S/2C10H20O2/c2*1-4-5-6-7-8-12-10(11)9(2)3/h2*9H,4-8H2,1-3H3. The van der Waals surface area contributed by atoms with Crippen molar-refractivity contribution in [1.82, 2.24) is 0 Å². The number of carbonyl (C=O) groups excluding carboxylic acids is 2. The van der Waals surface area contributed by atoms with Crippen LogP contribution in [0.1, 0.15) is 92.9 Å². The number of carbonyl (C=O) groups is 2. The zero-order valence-electron chi connectivity index (χ0n) is 16.9. The third kappa shape index (κ3) is 19.0. The van der Waals surface area contributed by atoms with Crippen LogP contribution in [0.15, 0.2) is 0 Å². The van der Waals surface area contributed by atoms with E-state index in [1.54, 1.807) is 0 Å². The van der Waals surface area contributed by atoms with E-state index in [4.69, 9.17) is 9.47 Å². The molecular weight excluding hydrogens is 304 g/mol. The molecule has 0 aromatic carbocycles. The Morgan fingerprint density at radius 1 is 0.625 bits per heavy atom. The van der Waals surface area contributed by atoms with Gasteiger partial charge in [0.05, 0.1) is 25.0 Å². The molecular formula is C20H40O4. The first-order valence-corrected chi connectivity index (χ1v) is 9.69. The average molecular weight is 345 g/mol. The van der Waals surface area contributed by atoms with Crippen LogP contribution in [0.3, 0.4) is 0 Å². The lowest BCUT2D eigenvalue weighted by atomic mass is 10.2. The summed E-state index contributed by atoms with van der Waals surface area (Å²) in [4.78, 5) is 21.9. The lowest BCUT2D eigenvalue weighted by Gasteiger charge is -2.05. The maximum atomic E-state index is 11.0. The number of unbranched alkanes of at least 4 members (excludes halogenated alkanes) is 6. The zero-order chi connectivity index (χ0) is 18.8. The minimum absolute atomic E-state index is 0.0103. The van der Waals surface area contributed by atoms with Crippen molar-refractivity contribution in [2.75, 3.05) is 13.2 Å². The van der Waals surface area contributed by atoms with Crippen LogP contribution in [0, 0.1) is 11.8 Å². The zero-order valence-corrected chi connectivity index (χ0v) is 16.9. The molecule has 0 amide bonds. The molecule has 0 aromatic rings. The first-order valence-electron chi connectivity index (χ1n) is 9.69. The Bertz CT molecular complexity index is 268. The molecule has 0 radical (unpaired) electrons. The van der Waals surface area contributed by atoms with Crippen LogP contribution in [0.4, 0.5) is 0 Å². The van der Waals surface area contributed by atoms with Gasteiger partial charge in [-0.05, 0) is 12.8 Å². The number of ether oxygens (including phenoxy) is 2. The van der Waals surface area contributed by atoms with E-state index in [-0.39, 0.29) is 23.8 Å². The van der Waals surface area contributed by atoms with E-state index in [1.165, 1.54) is 38.5 Å². The van der Waals surface area contributed by atoms with E-state index >= 15 is 0 Å². The molecule has 4 nitrogen and oxygen atoms in total. The monoisotopic (exact) mass is 344 g/mol. The quantitative estimate of drug-likeness (QED) is 0.345. The highest BCUT2D eigenvalue weighted by Gasteiger charge is 2.07. The van der Waals surface area contributed by atoms with Gasteiger partial charge in [-0.25, -0.2) is 0 Å². The highest BCUT2D eigenvalue weighted by molar-refractivity contribution is 5.71. The van der Waals surface area contributed by atoms with Crippen molar-refractivity contribution in [3.05, 3.63) is 0 Å². The molecule has 0 fully saturated rings. The van der Waals surface area contributed by atoms with Crippen LogP contribution >= 0.6 is 0 Å². The fourth-order valence-corrected chi connectivity index (χ4v) is 1.74. The molecule has 0 aliphatic carbocycles. The van der Waals surface area contributed by atoms with Gasteiger partial charge in [-0.3, -0.25) is 9.59 Å². The molecule has 0 bridgehead atoms. The molecule has 0 aliphatic rings. The number of hydrogen-bond acceptors (Lipinski definition) is 4. The lowest BCUT2D eigenvalue weighted by molar-refractivity contribution is -0.148. The SMILES string of the molecule is CCCCCCOC(=O)C(C)C.CCCCCCOC(=O)C(C)C. The van der Waals surface area contributed by atoms with Gasteiger partial charge in [0.1, 0.15) is 0 Å². The highest BCUT2D eigenvalue weighted by Crippen LogP contribution is 2.02. The Balaban J connectivity index is 0. The summed E-state index contributed by atoms with van der Waals surface area (Å²) < 4.78 is 10.0. The van der Waals surface area contributed by atoms with Crippen molar-refractivity contribution in [3.8, 4) is 0 Å². The van der Waals surface area contributed by atoms with Gasteiger partial charge in [0.15, 0.2) is 0 Å². The minimum atomic E-state index is -0.0773. The summed E-state index contributed by atoms with van der Waals surface area (Å²) in [6.07, 6.45) is 9.26. The summed E-state index contributed by atoms with van der Waals surface area (Å²) in [5.41, 5.74) is 0. The molecule has 0 aromatic heterocycles. The van der Waals surface area contributed by atoms with Crippen molar-refractivity contribution < 1.29 is 19.1 Å². The summed E-state index contributed by atoms with van der Waals surface area (Å²) in [6, 6.07) is 0. The molecule has 0 aliphatic heterocycles. The van der Waals surface area contributed by atoms with Gasteiger partial charge >= 0.3 is 11.9 Å². The summed E-state index contributed by atoms with van der Waals surface area (Å²) in [5, 5.41) is 0. The minimum Gasteiger partial charge on any atom is -0.465 e. The van der Waals surface area contributed by atoms with Gasteiger partial charge in [0.2, 0.25) is 0 Å². The van der Waals surface area contributed by atoms with Crippen molar-refractivity contribution in [2.45, 2.75) is 92.9 Å². The second kappa shape index (κ2) is 18.3. The van der Waals surface area contributed by atoms with Gasteiger partial charge in [-0.2, -0.15) is 0 Å². The number of rotatable bonds is 12. The van der Waals surface area contributed by atoms with Crippen molar-refractivity contribution in [2.24, 2.45) is 11.8 Å². The van der Waals surface area contributed by atoms with Gasteiger partial charge in [0.25, 0.3) is 0 Å². The topological polar surface area (TPSA) is 52.6 Å². The van der Waals surface area contributed by atoms with E-state index in [9.17, 15) is 9.59 Å². The molecule has 0 saturated heterocycles. The molecule has 0 saturated carbocycles. The fraction of sp³-hybridized carbons (Fsp3) is 0.900. The van der Waals surface area contributed by atoms with E-state index in [0.29, 0.717) is 13.2 Å². The van der Waals surface area contributed by atoms with Gasteiger partial charge in [0, 0.05) is 0 Å². The Labute approximate surface area is 149 Å². The Hall–Kier alpha value is -1.06. The van der Waals surface area contributed by atoms with Crippen LogP contribution in [0.2, 0.25) is 0 Å². The van der Waals surface area contributed by atoms with E-state index < -0.39 is 0 Å². The number of hydrogen-bond donors (Lipinski definition) is 0. The van der Waals surface area contributed by atoms with Crippen LogP contribution < -0.4 is 0 Å². The van der Waals surface area contributed by atoms with Crippen LogP contribution in [-0.2, 0) is 19.1 Å². The van der Waals surface area contributed by atoms with Crippen LogP contribution in [0.5, 0.6) is 0 Å². The molecule has 0 N–H and O–H groups in total. The van der Waals surface area contributed by atoms with Crippen molar-refractivity contribution >= 4 is 11.9 Å². The van der Waals surface area contributed by atoms with Gasteiger partial charge in [-0.15, -0.1) is 0 Å². The molecule has 0 atom stereocenters. The number of esters is 2. The summed E-state index contributed by atoms with van der Waals surface area (Å²) >= 11 is 0. The predicted molar refractivity (Wildman–Crippen MR) is 99.9 cm³/mol. The molecule has 144 valence electrons. The van der Waals surface area contributed by atoms with Crippen molar-refractivity contribution in [1.29, 1.82) is 0 Å². The maximum absolute atomic E-state index is 11.0. The third-order valence-electron chi connectivity index (χ3n) is 3.43. The molecule has 4 heteroatoms. The van der Waals surface area contributed by atoms with E-state index in [0.717, 1.165) is 12.8 Å².